The van der Waals surface area contributed by atoms with Gasteiger partial charge < -0.3 is 10.6 Å². The average molecular weight is 381 g/mol. The number of carbonyl (C=O) groups excluding carboxylic acids is 1. The van der Waals surface area contributed by atoms with E-state index in [9.17, 15) is 4.79 Å². The summed E-state index contributed by atoms with van der Waals surface area (Å²) in [6, 6.07) is 15.2. The molecule has 6 heteroatoms. The summed E-state index contributed by atoms with van der Waals surface area (Å²) < 4.78 is 0. The molecule has 2 N–H and O–H groups in total. The molecule has 1 aromatic heterocycles. The van der Waals surface area contributed by atoms with Gasteiger partial charge in [-0.15, -0.1) is 0 Å². The summed E-state index contributed by atoms with van der Waals surface area (Å²) >= 11 is 6.18. The van der Waals surface area contributed by atoms with Crippen LogP contribution < -0.4 is 10.6 Å². The first-order chi connectivity index (χ1) is 12.9. The Morgan fingerprint density at radius 1 is 1.04 bits per heavy atom. The number of benzene rings is 2. The molecular weight excluding hydrogens is 360 g/mol. The first-order valence-corrected chi connectivity index (χ1v) is 9.02. The molecule has 5 nitrogen and oxygen atoms in total. The van der Waals surface area contributed by atoms with E-state index in [2.05, 4.69) is 20.6 Å². The molecule has 0 unspecified atom stereocenters. The molecule has 0 radical (unpaired) electrons. The van der Waals surface area contributed by atoms with Gasteiger partial charge in [-0.1, -0.05) is 41.9 Å². The van der Waals surface area contributed by atoms with Gasteiger partial charge in [0, 0.05) is 22.9 Å². The lowest BCUT2D eigenvalue weighted by atomic mass is 10.1. The zero-order valence-corrected chi connectivity index (χ0v) is 16.3. The van der Waals surface area contributed by atoms with Crippen molar-refractivity contribution >= 4 is 29.1 Å². The Morgan fingerprint density at radius 3 is 2.59 bits per heavy atom. The zero-order chi connectivity index (χ0) is 19.4. The number of amides is 1. The molecule has 1 heterocycles. The summed E-state index contributed by atoms with van der Waals surface area (Å²) in [6.45, 7) is 6.25. The molecule has 0 fully saturated rings. The maximum Gasteiger partial charge on any atom is 0.274 e. The Bertz CT molecular complexity index is 988. The fourth-order valence-electron chi connectivity index (χ4n) is 2.64. The van der Waals surface area contributed by atoms with E-state index >= 15 is 0 Å². The highest BCUT2D eigenvalue weighted by atomic mass is 35.5. The summed E-state index contributed by atoms with van der Waals surface area (Å²) in [5, 5.41) is 6.73. The Kier molecular flexibility index (Phi) is 5.72. The minimum absolute atomic E-state index is 0.269. The normalized spacial score (nSPS) is 10.5. The lowest BCUT2D eigenvalue weighted by molar-refractivity contribution is 0.102. The minimum atomic E-state index is -0.269. The van der Waals surface area contributed by atoms with Crippen molar-refractivity contribution in [2.45, 2.75) is 27.3 Å². The average Bonchev–Trinajstić information content (AvgIpc) is 2.63. The van der Waals surface area contributed by atoms with E-state index in [1.807, 2.05) is 63.2 Å². The number of nitrogens with one attached hydrogen (secondary N) is 2. The number of aryl methyl sites for hydroxylation is 3. The second-order valence-corrected chi connectivity index (χ2v) is 6.84. The predicted octanol–water partition coefficient (Wildman–Crippen LogP) is 4.92. The molecule has 0 aliphatic carbocycles. The van der Waals surface area contributed by atoms with Gasteiger partial charge in [0.15, 0.2) is 0 Å². The van der Waals surface area contributed by atoms with Gasteiger partial charge in [0.05, 0.1) is 0 Å². The highest BCUT2D eigenvalue weighted by Crippen LogP contribution is 2.18. The van der Waals surface area contributed by atoms with Crippen molar-refractivity contribution < 1.29 is 4.79 Å². The predicted molar refractivity (Wildman–Crippen MR) is 109 cm³/mol. The van der Waals surface area contributed by atoms with Crippen molar-refractivity contribution in [1.29, 1.82) is 0 Å². The first-order valence-electron chi connectivity index (χ1n) is 8.64. The standard InChI is InChI=1S/C21H21ClN4O/c1-13-8-9-14(2)18(10-13)25-20(27)19-11-15(3)24-21(26-19)23-12-16-6-4-5-7-17(16)22/h4-11H,12H2,1-3H3,(H,25,27)(H,23,24,26). The molecule has 0 spiro atoms. The first kappa shape index (κ1) is 18.9. The van der Waals surface area contributed by atoms with Crippen molar-refractivity contribution in [2.75, 3.05) is 10.6 Å². The molecule has 3 rings (SSSR count). The number of halogens is 1. The van der Waals surface area contributed by atoms with Gasteiger partial charge in [0.1, 0.15) is 5.69 Å². The topological polar surface area (TPSA) is 66.9 Å². The van der Waals surface area contributed by atoms with Gasteiger partial charge in [-0.3, -0.25) is 4.79 Å². The van der Waals surface area contributed by atoms with Crippen molar-refractivity contribution in [3.8, 4) is 0 Å². The van der Waals surface area contributed by atoms with Gasteiger partial charge in [-0.05, 0) is 55.7 Å². The van der Waals surface area contributed by atoms with Crippen LogP contribution in [0.25, 0.3) is 0 Å². The second kappa shape index (κ2) is 8.18. The minimum Gasteiger partial charge on any atom is -0.350 e. The number of hydrogen-bond donors (Lipinski definition) is 2. The third-order valence-corrected chi connectivity index (χ3v) is 4.49. The molecule has 1 amide bonds. The highest BCUT2D eigenvalue weighted by molar-refractivity contribution is 6.31. The molecule has 3 aromatic rings. The van der Waals surface area contributed by atoms with Crippen LogP contribution in [0.1, 0.15) is 32.9 Å². The van der Waals surface area contributed by atoms with Crippen molar-refractivity contribution in [1.82, 2.24) is 9.97 Å². The van der Waals surface area contributed by atoms with Gasteiger partial charge >= 0.3 is 0 Å². The third-order valence-electron chi connectivity index (χ3n) is 4.12. The highest BCUT2D eigenvalue weighted by Gasteiger charge is 2.12. The quantitative estimate of drug-likeness (QED) is 0.659. The number of anilines is 2. The lowest BCUT2D eigenvalue weighted by Gasteiger charge is -2.11. The van der Waals surface area contributed by atoms with Crippen LogP contribution in [-0.4, -0.2) is 15.9 Å². The molecule has 0 saturated heterocycles. The maximum atomic E-state index is 12.7. The number of hydrogen-bond acceptors (Lipinski definition) is 4. The zero-order valence-electron chi connectivity index (χ0n) is 15.5. The van der Waals surface area contributed by atoms with Gasteiger partial charge in [-0.2, -0.15) is 0 Å². The van der Waals surface area contributed by atoms with Crippen LogP contribution in [0.3, 0.4) is 0 Å². The van der Waals surface area contributed by atoms with Crippen LogP contribution in [0.2, 0.25) is 5.02 Å². The van der Waals surface area contributed by atoms with Crippen LogP contribution in [0, 0.1) is 20.8 Å². The summed E-state index contributed by atoms with van der Waals surface area (Å²) in [7, 11) is 0. The fourth-order valence-corrected chi connectivity index (χ4v) is 2.84. The Hall–Kier alpha value is -2.92. The molecule has 0 saturated carbocycles. The van der Waals surface area contributed by atoms with E-state index < -0.39 is 0 Å². The van der Waals surface area contributed by atoms with E-state index in [0.29, 0.717) is 28.9 Å². The monoisotopic (exact) mass is 380 g/mol. The van der Waals surface area contributed by atoms with Crippen molar-refractivity contribution in [3.05, 3.63) is 81.6 Å². The molecule has 0 aliphatic heterocycles. The van der Waals surface area contributed by atoms with E-state index in [-0.39, 0.29) is 5.91 Å². The van der Waals surface area contributed by atoms with E-state index in [1.165, 1.54) is 0 Å². The van der Waals surface area contributed by atoms with E-state index in [4.69, 9.17) is 11.6 Å². The van der Waals surface area contributed by atoms with Crippen molar-refractivity contribution in [3.63, 3.8) is 0 Å². The Morgan fingerprint density at radius 2 is 1.81 bits per heavy atom. The van der Waals surface area contributed by atoms with Crippen LogP contribution in [0.4, 0.5) is 11.6 Å². The number of nitrogens with zero attached hydrogens (tertiary/aromatic N) is 2. The van der Waals surface area contributed by atoms with Crippen molar-refractivity contribution in [2.24, 2.45) is 0 Å². The number of aromatic nitrogens is 2. The molecule has 138 valence electrons. The van der Waals surface area contributed by atoms with E-state index in [0.717, 1.165) is 22.4 Å². The maximum absolute atomic E-state index is 12.7. The molecule has 2 aromatic carbocycles. The molecule has 27 heavy (non-hydrogen) atoms. The lowest BCUT2D eigenvalue weighted by Crippen LogP contribution is -2.17. The van der Waals surface area contributed by atoms with Gasteiger partial charge in [-0.25, -0.2) is 9.97 Å². The molecular formula is C21H21ClN4O. The summed E-state index contributed by atoms with van der Waals surface area (Å²) in [6.07, 6.45) is 0. The van der Waals surface area contributed by atoms with E-state index in [1.54, 1.807) is 6.07 Å². The molecule has 0 atom stereocenters. The molecule has 0 bridgehead atoms. The van der Waals surface area contributed by atoms with Crippen LogP contribution in [0.5, 0.6) is 0 Å². The van der Waals surface area contributed by atoms with Gasteiger partial charge in [0.2, 0.25) is 5.95 Å². The summed E-state index contributed by atoms with van der Waals surface area (Å²) in [5.41, 5.74) is 4.81. The fraction of sp³-hybridized carbons (Fsp3) is 0.190. The number of rotatable bonds is 5. The van der Waals surface area contributed by atoms with Crippen LogP contribution >= 0.6 is 11.6 Å². The summed E-state index contributed by atoms with van der Waals surface area (Å²) in [4.78, 5) is 21.4. The second-order valence-electron chi connectivity index (χ2n) is 6.44. The van der Waals surface area contributed by atoms with Crippen LogP contribution in [-0.2, 0) is 6.54 Å². The Balaban J connectivity index is 1.77. The van der Waals surface area contributed by atoms with Crippen LogP contribution in [0.15, 0.2) is 48.5 Å². The summed E-state index contributed by atoms with van der Waals surface area (Å²) in [5.74, 6) is 0.121. The number of carbonyl (C=O) groups is 1. The van der Waals surface area contributed by atoms with Gasteiger partial charge in [0.25, 0.3) is 5.91 Å². The SMILES string of the molecule is Cc1ccc(C)c(NC(=O)c2cc(C)nc(NCc3ccccc3Cl)n2)c1. The molecule has 0 aliphatic rings. The third kappa shape index (κ3) is 4.83. The largest absolute Gasteiger partial charge is 0.350 e. The Labute approximate surface area is 163 Å². The smallest absolute Gasteiger partial charge is 0.274 e.